The number of piperidine rings is 2. The van der Waals surface area contributed by atoms with Crippen LogP contribution in [0.5, 0.6) is 0 Å². The zero-order valence-corrected chi connectivity index (χ0v) is 26.8. The van der Waals surface area contributed by atoms with E-state index in [4.69, 9.17) is 16.4 Å². The smallest absolute Gasteiger partial charge is 0.228 e. The summed E-state index contributed by atoms with van der Waals surface area (Å²) < 4.78 is 32.1. The van der Waals surface area contributed by atoms with Crippen molar-refractivity contribution >= 4 is 33.4 Å². The van der Waals surface area contributed by atoms with Gasteiger partial charge in [0.2, 0.25) is 5.95 Å². The van der Waals surface area contributed by atoms with Gasteiger partial charge in [0.25, 0.3) is 0 Å². The summed E-state index contributed by atoms with van der Waals surface area (Å²) in [7, 11) is 1.94. The molecule has 2 aliphatic heterocycles. The monoisotopic (exact) mass is 623 g/mol. The lowest BCUT2D eigenvalue weighted by atomic mass is 9.82. The van der Waals surface area contributed by atoms with Gasteiger partial charge in [-0.15, -0.1) is 6.42 Å². The number of hydrogen-bond acceptors (Lipinski definition) is 8. The van der Waals surface area contributed by atoms with Crippen LogP contribution >= 0.6 is 0 Å². The molecule has 46 heavy (non-hydrogen) atoms. The summed E-state index contributed by atoms with van der Waals surface area (Å²) in [6.07, 6.45) is 11.7. The molecule has 0 aliphatic carbocycles. The van der Waals surface area contributed by atoms with Gasteiger partial charge in [0.05, 0.1) is 28.0 Å². The normalized spacial score (nSPS) is 18.4. The maximum Gasteiger partial charge on any atom is 0.228 e. The van der Waals surface area contributed by atoms with Crippen molar-refractivity contribution in [3.05, 3.63) is 53.2 Å². The summed E-state index contributed by atoms with van der Waals surface area (Å²) in [5.41, 5.74) is -0.745. The predicted molar refractivity (Wildman–Crippen MR) is 178 cm³/mol. The quantitative estimate of drug-likeness (QED) is 0.259. The Balaban J connectivity index is 1.57. The van der Waals surface area contributed by atoms with Gasteiger partial charge < -0.3 is 20.2 Å². The van der Waals surface area contributed by atoms with E-state index in [2.05, 4.69) is 22.3 Å². The van der Waals surface area contributed by atoms with Crippen LogP contribution in [0.4, 0.5) is 20.5 Å². The number of likely N-dealkylation sites (N-methyl/N-ethyl adjacent to an activating group) is 1. The molecule has 2 N–H and O–H groups in total. The fraction of sp³-hybridized carbons (Fsp3) is 0.444. The van der Waals surface area contributed by atoms with Gasteiger partial charge in [-0.25, -0.2) is 13.8 Å². The molecule has 0 bridgehead atoms. The van der Waals surface area contributed by atoms with E-state index < -0.39 is 22.7 Å². The third kappa shape index (κ3) is 5.84. The van der Waals surface area contributed by atoms with Crippen molar-refractivity contribution < 1.29 is 13.9 Å². The standard InChI is InChI=1S/C36H39F2N7O/c1-6-25-28(37)11-10-22-17-23(35(2,3)21-39)18-26(29(22)25)31-30(38)32-27(19-41-31)33(44(5)20-24-9-7-8-14-40-24)43-34(42-32)45-15-12-36(4,46)13-16-45/h1,10-11,17-19,24,40,46H,7-9,12-16,20H2,2-5H3/t24-/m0/s1. The maximum atomic E-state index is 17.0. The number of pyridine rings is 1. The Morgan fingerprint density at radius 3 is 2.63 bits per heavy atom. The molecule has 238 valence electrons. The first-order chi connectivity index (χ1) is 21.9. The lowest BCUT2D eigenvalue weighted by Gasteiger charge is -2.36. The van der Waals surface area contributed by atoms with Crippen molar-refractivity contribution in [2.24, 2.45) is 0 Å². The van der Waals surface area contributed by atoms with Gasteiger partial charge in [-0.05, 0) is 82.1 Å². The van der Waals surface area contributed by atoms with E-state index in [0.717, 1.165) is 25.8 Å². The second-order valence-electron chi connectivity index (χ2n) is 13.5. The molecule has 8 nitrogen and oxygen atoms in total. The number of anilines is 2. The first kappa shape index (κ1) is 31.6. The highest BCUT2D eigenvalue weighted by Crippen LogP contribution is 2.40. The van der Waals surface area contributed by atoms with E-state index in [1.54, 1.807) is 38.2 Å². The van der Waals surface area contributed by atoms with Crippen LogP contribution in [0.2, 0.25) is 0 Å². The molecule has 2 saturated heterocycles. The Morgan fingerprint density at radius 1 is 1.20 bits per heavy atom. The van der Waals surface area contributed by atoms with Crippen LogP contribution in [0.25, 0.3) is 32.9 Å². The summed E-state index contributed by atoms with van der Waals surface area (Å²) in [6, 6.07) is 8.91. The van der Waals surface area contributed by atoms with Crippen molar-refractivity contribution in [3.63, 3.8) is 0 Å². The van der Waals surface area contributed by atoms with Crippen LogP contribution in [0.3, 0.4) is 0 Å². The highest BCUT2D eigenvalue weighted by Gasteiger charge is 2.31. The lowest BCUT2D eigenvalue weighted by Crippen LogP contribution is -2.44. The average Bonchev–Trinajstić information content (AvgIpc) is 3.04. The molecule has 0 unspecified atom stereocenters. The minimum Gasteiger partial charge on any atom is -0.390 e. The number of nitriles is 1. The van der Waals surface area contributed by atoms with E-state index in [9.17, 15) is 10.4 Å². The largest absolute Gasteiger partial charge is 0.390 e. The summed E-state index contributed by atoms with van der Waals surface area (Å²) in [6.45, 7) is 8.03. The SMILES string of the molecule is C#Cc1c(F)ccc2cc(C(C)(C)C#N)cc(-c3ncc4c(N(C)C[C@@H]5CCCCN5)nc(N5CCC(C)(O)CC5)nc4c3F)c12. The number of aromatic nitrogens is 3. The minimum atomic E-state index is -0.922. The van der Waals surface area contributed by atoms with Crippen molar-refractivity contribution in [1.29, 1.82) is 5.26 Å². The zero-order chi connectivity index (χ0) is 32.8. The predicted octanol–water partition coefficient (Wildman–Crippen LogP) is 5.84. The van der Waals surface area contributed by atoms with Gasteiger partial charge in [-0.2, -0.15) is 10.2 Å². The van der Waals surface area contributed by atoms with E-state index in [1.807, 2.05) is 23.8 Å². The van der Waals surface area contributed by atoms with Crippen LogP contribution in [0.15, 0.2) is 30.5 Å². The highest BCUT2D eigenvalue weighted by molar-refractivity contribution is 6.03. The summed E-state index contributed by atoms with van der Waals surface area (Å²) in [5.74, 6) is 2.09. The number of terminal acetylenes is 1. The second-order valence-corrected chi connectivity index (χ2v) is 13.5. The number of fused-ring (bicyclic) bond motifs is 2. The molecule has 10 heteroatoms. The molecule has 0 spiro atoms. The average molecular weight is 624 g/mol. The summed E-state index contributed by atoms with van der Waals surface area (Å²) >= 11 is 0. The number of nitrogens with zero attached hydrogens (tertiary/aromatic N) is 6. The fourth-order valence-electron chi connectivity index (χ4n) is 6.53. The van der Waals surface area contributed by atoms with Gasteiger partial charge in [0.1, 0.15) is 22.8 Å². The molecule has 2 aromatic carbocycles. The molecule has 0 amide bonds. The fourth-order valence-corrected chi connectivity index (χ4v) is 6.53. The molecular weight excluding hydrogens is 584 g/mol. The third-order valence-corrected chi connectivity index (χ3v) is 9.51. The van der Waals surface area contributed by atoms with Gasteiger partial charge in [0, 0.05) is 49.9 Å². The van der Waals surface area contributed by atoms with Crippen LogP contribution < -0.4 is 15.1 Å². The Morgan fingerprint density at radius 2 is 1.96 bits per heavy atom. The molecular formula is C36H39F2N7O. The van der Waals surface area contributed by atoms with Crippen LogP contribution in [0, 0.1) is 35.3 Å². The van der Waals surface area contributed by atoms with Crippen molar-refractivity contribution in [2.45, 2.75) is 69.9 Å². The highest BCUT2D eigenvalue weighted by atomic mass is 19.1. The molecule has 2 aromatic heterocycles. The number of halogens is 2. The van der Waals surface area contributed by atoms with Crippen molar-refractivity contribution in [2.75, 3.05) is 43.0 Å². The topological polar surface area (TPSA) is 101 Å². The van der Waals surface area contributed by atoms with E-state index in [0.29, 0.717) is 66.0 Å². The Kier molecular flexibility index (Phi) is 8.30. The van der Waals surface area contributed by atoms with Crippen LogP contribution in [-0.2, 0) is 5.41 Å². The van der Waals surface area contributed by atoms with E-state index in [-0.39, 0.29) is 28.4 Å². The Bertz CT molecular complexity index is 1890. The lowest BCUT2D eigenvalue weighted by molar-refractivity contribution is 0.0349. The molecule has 0 saturated carbocycles. The van der Waals surface area contributed by atoms with Crippen LogP contribution in [0.1, 0.15) is 64.0 Å². The Labute approximate surface area is 268 Å². The summed E-state index contributed by atoms with van der Waals surface area (Å²) in [5, 5.41) is 25.5. The number of aliphatic hydroxyl groups is 1. The number of hydrogen-bond donors (Lipinski definition) is 2. The molecule has 0 radical (unpaired) electrons. The van der Waals surface area contributed by atoms with Gasteiger partial charge in [0.15, 0.2) is 5.82 Å². The van der Waals surface area contributed by atoms with Gasteiger partial charge >= 0.3 is 0 Å². The van der Waals surface area contributed by atoms with Gasteiger partial charge in [-0.3, -0.25) is 4.98 Å². The summed E-state index contributed by atoms with van der Waals surface area (Å²) in [4.78, 5) is 18.3. The third-order valence-electron chi connectivity index (χ3n) is 9.51. The van der Waals surface area contributed by atoms with Crippen molar-refractivity contribution in [3.8, 4) is 29.7 Å². The first-order valence-electron chi connectivity index (χ1n) is 15.9. The zero-order valence-electron chi connectivity index (χ0n) is 26.8. The molecule has 2 aliphatic rings. The Hall–Kier alpha value is -4.38. The number of rotatable bonds is 6. The maximum absolute atomic E-state index is 17.0. The van der Waals surface area contributed by atoms with Crippen molar-refractivity contribution in [1.82, 2.24) is 20.3 Å². The molecule has 6 rings (SSSR count). The molecule has 4 heterocycles. The second kappa shape index (κ2) is 12.1. The number of benzene rings is 2. The van der Waals surface area contributed by atoms with Crippen LogP contribution in [-0.4, -0.2) is 64.9 Å². The van der Waals surface area contributed by atoms with E-state index in [1.165, 1.54) is 6.07 Å². The molecule has 1 atom stereocenters. The number of nitrogens with one attached hydrogen (secondary N) is 1. The molecule has 2 fully saturated rings. The van der Waals surface area contributed by atoms with Gasteiger partial charge in [-0.1, -0.05) is 18.4 Å². The first-order valence-corrected chi connectivity index (χ1v) is 15.9. The molecule has 4 aromatic rings. The van der Waals surface area contributed by atoms with E-state index >= 15 is 8.78 Å². The minimum absolute atomic E-state index is 0.000684.